The largest absolute Gasteiger partial charge is 0.465 e. The highest BCUT2D eigenvalue weighted by atomic mass is 32.2. The van der Waals surface area contributed by atoms with Crippen LogP contribution in [0.4, 0.5) is 10.5 Å². The van der Waals surface area contributed by atoms with E-state index < -0.39 is 5.97 Å². The van der Waals surface area contributed by atoms with Gasteiger partial charge in [0, 0.05) is 11.9 Å². The molecule has 9 heteroatoms. The van der Waals surface area contributed by atoms with E-state index in [-0.39, 0.29) is 12.1 Å². The summed E-state index contributed by atoms with van der Waals surface area (Å²) in [4.78, 5) is 24.0. The number of thioether (sulfide) groups is 1. The summed E-state index contributed by atoms with van der Waals surface area (Å²) in [5.41, 5.74) is 1.72. The number of pyridine rings is 1. The van der Waals surface area contributed by atoms with E-state index >= 15 is 0 Å². The van der Waals surface area contributed by atoms with Gasteiger partial charge < -0.3 is 15.4 Å². The number of carbonyl (C=O) groups is 2. The Hall–Kier alpha value is -3.07. The summed E-state index contributed by atoms with van der Waals surface area (Å²) in [5.74, 6) is 1.12. The summed E-state index contributed by atoms with van der Waals surface area (Å²) in [5, 5.41) is 14.2. The number of nitrogens with one attached hydrogen (secondary N) is 2. The normalized spacial score (nSPS) is 11.8. The predicted molar refractivity (Wildman–Crippen MR) is 109 cm³/mol. The first-order valence-electron chi connectivity index (χ1n) is 8.67. The summed E-state index contributed by atoms with van der Waals surface area (Å²) >= 11 is 1.70. The number of amides is 2. The van der Waals surface area contributed by atoms with Crippen molar-refractivity contribution in [1.29, 1.82) is 0 Å². The minimum atomic E-state index is -0.424. The minimum Gasteiger partial charge on any atom is -0.465 e. The highest BCUT2D eigenvalue weighted by Gasteiger charge is 2.20. The van der Waals surface area contributed by atoms with Gasteiger partial charge in [0.2, 0.25) is 0 Å². The van der Waals surface area contributed by atoms with E-state index in [4.69, 9.17) is 0 Å². The number of fused-ring (bicyclic) bond motifs is 1. The Kier molecular flexibility index (Phi) is 6.49. The maximum Gasteiger partial charge on any atom is 0.337 e. The Labute approximate surface area is 166 Å². The molecule has 0 radical (unpaired) electrons. The quantitative estimate of drug-likeness (QED) is 0.593. The number of urea groups is 1. The first kappa shape index (κ1) is 19.7. The van der Waals surface area contributed by atoms with E-state index in [1.54, 1.807) is 36.0 Å². The van der Waals surface area contributed by atoms with Crippen molar-refractivity contribution in [1.82, 2.24) is 19.9 Å². The zero-order valence-electron chi connectivity index (χ0n) is 15.6. The second kappa shape index (κ2) is 9.23. The molecule has 2 amide bonds. The summed E-state index contributed by atoms with van der Waals surface area (Å²) in [6.45, 7) is 0. The molecule has 3 aromatic rings. The van der Waals surface area contributed by atoms with Gasteiger partial charge in [0.15, 0.2) is 11.5 Å². The number of nitrogens with zero attached hydrogens (tertiary/aromatic N) is 3. The molecule has 1 aromatic carbocycles. The summed E-state index contributed by atoms with van der Waals surface area (Å²) < 4.78 is 6.54. The third-order valence-electron chi connectivity index (χ3n) is 4.13. The molecule has 3 rings (SSSR count). The van der Waals surface area contributed by atoms with Crippen LogP contribution in [0.3, 0.4) is 0 Å². The third kappa shape index (κ3) is 4.61. The van der Waals surface area contributed by atoms with Crippen LogP contribution in [0.1, 0.15) is 28.6 Å². The molecule has 28 heavy (non-hydrogen) atoms. The number of hydrogen-bond donors (Lipinski definition) is 2. The van der Waals surface area contributed by atoms with Crippen molar-refractivity contribution in [2.75, 3.05) is 24.4 Å². The number of methoxy groups -OCH3 is 1. The topological polar surface area (TPSA) is 97.6 Å². The third-order valence-corrected chi connectivity index (χ3v) is 4.78. The Balaban J connectivity index is 1.72. The number of carbonyl (C=O) groups excluding carboxylic acids is 2. The number of benzene rings is 1. The zero-order valence-corrected chi connectivity index (χ0v) is 16.4. The summed E-state index contributed by atoms with van der Waals surface area (Å²) in [6, 6.07) is 11.5. The van der Waals surface area contributed by atoms with Crippen molar-refractivity contribution in [2.24, 2.45) is 0 Å². The number of rotatable bonds is 7. The molecule has 0 fully saturated rings. The van der Waals surface area contributed by atoms with Gasteiger partial charge in [0.25, 0.3) is 0 Å². The fourth-order valence-electron chi connectivity index (χ4n) is 2.73. The molecule has 0 unspecified atom stereocenters. The fourth-order valence-corrected chi connectivity index (χ4v) is 3.20. The molecule has 0 bridgehead atoms. The van der Waals surface area contributed by atoms with Crippen LogP contribution in [0.25, 0.3) is 5.65 Å². The number of ether oxygens (including phenoxy) is 1. The van der Waals surface area contributed by atoms with Gasteiger partial charge in [0.05, 0.1) is 18.7 Å². The van der Waals surface area contributed by atoms with Crippen LogP contribution < -0.4 is 10.6 Å². The Bertz CT molecular complexity index is 958. The summed E-state index contributed by atoms with van der Waals surface area (Å²) in [6.07, 6.45) is 4.61. The molecule has 0 saturated heterocycles. The molecule has 0 spiro atoms. The highest BCUT2D eigenvalue weighted by Crippen LogP contribution is 2.19. The molecule has 0 saturated carbocycles. The van der Waals surface area contributed by atoms with E-state index in [0.717, 1.165) is 11.4 Å². The van der Waals surface area contributed by atoms with E-state index in [9.17, 15) is 9.59 Å². The standard InChI is InChI=1S/C19H21N5O3S/c1-27-18(25)13-6-8-14(9-7-13)20-19(26)21-15(10-12-28-2)17-23-22-16-5-3-4-11-24(16)17/h3-9,11,15H,10,12H2,1-2H3,(H2,20,21,26)/t15-/m1/s1. The van der Waals surface area contributed by atoms with Crippen molar-refractivity contribution in [3.63, 3.8) is 0 Å². The smallest absolute Gasteiger partial charge is 0.337 e. The SMILES string of the molecule is COC(=O)c1ccc(NC(=O)N[C@H](CCSC)c2nnc3ccccn23)cc1. The van der Waals surface area contributed by atoms with Crippen molar-refractivity contribution in [2.45, 2.75) is 12.5 Å². The molecule has 1 atom stereocenters. The van der Waals surface area contributed by atoms with Gasteiger partial charge in [-0.25, -0.2) is 9.59 Å². The van der Waals surface area contributed by atoms with Crippen LogP contribution in [-0.4, -0.2) is 45.7 Å². The molecule has 0 aliphatic rings. The molecule has 2 aromatic heterocycles. The molecule has 2 N–H and O–H groups in total. The minimum absolute atomic E-state index is 0.292. The van der Waals surface area contributed by atoms with Gasteiger partial charge in [-0.15, -0.1) is 10.2 Å². The average Bonchev–Trinajstić information content (AvgIpc) is 3.15. The van der Waals surface area contributed by atoms with Crippen LogP contribution in [0, 0.1) is 0 Å². The van der Waals surface area contributed by atoms with E-state index in [1.165, 1.54) is 7.11 Å². The predicted octanol–water partition coefficient (Wildman–Crippen LogP) is 3.13. The molecular weight excluding hydrogens is 378 g/mol. The lowest BCUT2D eigenvalue weighted by Crippen LogP contribution is -2.34. The Morgan fingerprint density at radius 2 is 1.96 bits per heavy atom. The van der Waals surface area contributed by atoms with Crippen LogP contribution in [0.5, 0.6) is 0 Å². The average molecular weight is 399 g/mol. The second-order valence-corrected chi connectivity index (χ2v) is 6.97. The van der Waals surface area contributed by atoms with E-state index in [1.807, 2.05) is 35.1 Å². The van der Waals surface area contributed by atoms with Crippen LogP contribution >= 0.6 is 11.8 Å². The van der Waals surface area contributed by atoms with Crippen molar-refractivity contribution in [3.05, 3.63) is 60.0 Å². The van der Waals surface area contributed by atoms with Gasteiger partial charge in [0.1, 0.15) is 0 Å². The maximum absolute atomic E-state index is 12.5. The van der Waals surface area contributed by atoms with Gasteiger partial charge in [-0.05, 0) is 54.8 Å². The molecule has 8 nitrogen and oxygen atoms in total. The monoisotopic (exact) mass is 399 g/mol. The van der Waals surface area contributed by atoms with Crippen molar-refractivity contribution >= 4 is 35.1 Å². The molecule has 146 valence electrons. The molecular formula is C19H21N5O3S. The lowest BCUT2D eigenvalue weighted by atomic mass is 10.2. The van der Waals surface area contributed by atoms with Crippen molar-refractivity contribution in [3.8, 4) is 0 Å². The van der Waals surface area contributed by atoms with Gasteiger partial charge in [-0.3, -0.25) is 4.40 Å². The first-order valence-corrected chi connectivity index (χ1v) is 10.1. The fraction of sp³-hybridized carbons (Fsp3) is 0.263. The summed E-state index contributed by atoms with van der Waals surface area (Å²) in [7, 11) is 1.32. The van der Waals surface area contributed by atoms with E-state index in [0.29, 0.717) is 23.5 Å². The van der Waals surface area contributed by atoms with Crippen molar-refractivity contribution < 1.29 is 14.3 Å². The van der Waals surface area contributed by atoms with Crippen LogP contribution in [0.15, 0.2) is 48.7 Å². The van der Waals surface area contributed by atoms with Gasteiger partial charge in [-0.1, -0.05) is 6.07 Å². The van der Waals surface area contributed by atoms with Gasteiger partial charge in [-0.2, -0.15) is 11.8 Å². The molecule has 0 aliphatic heterocycles. The highest BCUT2D eigenvalue weighted by molar-refractivity contribution is 7.98. The second-order valence-electron chi connectivity index (χ2n) is 5.99. The first-order chi connectivity index (χ1) is 13.6. The Morgan fingerprint density at radius 3 is 2.68 bits per heavy atom. The van der Waals surface area contributed by atoms with Crippen LogP contribution in [-0.2, 0) is 4.74 Å². The molecule has 2 heterocycles. The van der Waals surface area contributed by atoms with Crippen LogP contribution in [0.2, 0.25) is 0 Å². The number of aromatic nitrogens is 3. The molecule has 0 aliphatic carbocycles. The number of esters is 1. The number of anilines is 1. The van der Waals surface area contributed by atoms with Gasteiger partial charge >= 0.3 is 12.0 Å². The lowest BCUT2D eigenvalue weighted by Gasteiger charge is -2.17. The maximum atomic E-state index is 12.5. The Morgan fingerprint density at radius 1 is 1.18 bits per heavy atom. The lowest BCUT2D eigenvalue weighted by molar-refractivity contribution is 0.0600. The number of hydrogen-bond acceptors (Lipinski definition) is 6. The zero-order chi connectivity index (χ0) is 19.9. The van der Waals surface area contributed by atoms with E-state index in [2.05, 4.69) is 25.6 Å².